The molecule has 3 atom stereocenters. The minimum Gasteiger partial charge on any atom is -0.475 e. The molecule has 3 aliphatic heterocycles. The number of ether oxygens (including phenoxy) is 3. The molecular formula is C19H23F3N2O6. The van der Waals surface area contributed by atoms with Crippen molar-refractivity contribution >= 4 is 11.9 Å². The Kier molecular flexibility index (Phi) is 6.71. The monoisotopic (exact) mass is 432 g/mol. The molecule has 4 rings (SSSR count). The van der Waals surface area contributed by atoms with Gasteiger partial charge in [-0.2, -0.15) is 13.2 Å². The Morgan fingerprint density at radius 2 is 1.93 bits per heavy atom. The predicted octanol–water partition coefficient (Wildman–Crippen LogP) is 1.77. The van der Waals surface area contributed by atoms with Crippen LogP contribution in [0.15, 0.2) is 18.2 Å². The molecule has 1 aromatic carbocycles. The number of amides is 1. The number of carboxylic acids is 1. The van der Waals surface area contributed by atoms with Crippen LogP contribution >= 0.6 is 0 Å². The number of hydrogen-bond acceptors (Lipinski definition) is 6. The Balaban J connectivity index is 0.000000318. The summed E-state index contributed by atoms with van der Waals surface area (Å²) in [6, 6.07) is 6.13. The Bertz CT molecular complexity index is 774. The average Bonchev–Trinajstić information content (AvgIpc) is 3.35. The number of benzene rings is 1. The molecule has 2 saturated heterocycles. The van der Waals surface area contributed by atoms with Gasteiger partial charge in [-0.15, -0.1) is 0 Å². The Morgan fingerprint density at radius 3 is 2.57 bits per heavy atom. The van der Waals surface area contributed by atoms with Gasteiger partial charge in [0, 0.05) is 32.6 Å². The summed E-state index contributed by atoms with van der Waals surface area (Å²) in [7, 11) is 1.67. The summed E-state index contributed by atoms with van der Waals surface area (Å²) in [4.78, 5) is 22.8. The number of nitrogens with zero attached hydrogens (tertiary/aromatic N) is 1. The summed E-state index contributed by atoms with van der Waals surface area (Å²) in [5, 5.41) is 9.79. The van der Waals surface area contributed by atoms with Crippen LogP contribution in [0.2, 0.25) is 0 Å². The molecule has 1 amide bonds. The Morgan fingerprint density at radius 1 is 1.23 bits per heavy atom. The van der Waals surface area contributed by atoms with E-state index in [-0.39, 0.29) is 18.1 Å². The number of hydrogen-bond donors (Lipinski definition) is 2. The van der Waals surface area contributed by atoms with Crippen LogP contribution in [-0.2, 0) is 20.9 Å². The minimum absolute atomic E-state index is 0.0622. The summed E-state index contributed by atoms with van der Waals surface area (Å²) in [5.74, 6) is -0.491. The zero-order chi connectivity index (χ0) is 21.9. The molecule has 0 aromatic heterocycles. The van der Waals surface area contributed by atoms with Crippen molar-refractivity contribution in [1.82, 2.24) is 10.2 Å². The first kappa shape index (κ1) is 22.2. The molecule has 166 valence electrons. The molecule has 3 aliphatic rings. The highest BCUT2D eigenvalue weighted by Crippen LogP contribution is 2.36. The first-order valence-electron chi connectivity index (χ1n) is 9.42. The summed E-state index contributed by atoms with van der Waals surface area (Å²) in [6.07, 6.45) is -3.28. The Hall–Kier alpha value is -2.53. The second-order valence-electron chi connectivity index (χ2n) is 7.35. The van der Waals surface area contributed by atoms with Crippen LogP contribution in [-0.4, -0.2) is 67.2 Å². The van der Waals surface area contributed by atoms with Gasteiger partial charge >= 0.3 is 12.1 Å². The van der Waals surface area contributed by atoms with Crippen molar-refractivity contribution in [2.45, 2.75) is 37.8 Å². The largest absolute Gasteiger partial charge is 0.490 e. The zero-order valence-corrected chi connectivity index (χ0v) is 16.3. The number of carbonyl (C=O) groups excluding carboxylic acids is 1. The number of nitrogens with one attached hydrogen (secondary N) is 1. The van der Waals surface area contributed by atoms with Crippen molar-refractivity contribution < 1.29 is 42.1 Å². The normalized spacial score (nSPS) is 24.7. The van der Waals surface area contributed by atoms with Gasteiger partial charge in [0.15, 0.2) is 11.5 Å². The van der Waals surface area contributed by atoms with Crippen molar-refractivity contribution in [2.75, 3.05) is 26.9 Å². The third-order valence-electron chi connectivity index (χ3n) is 5.17. The van der Waals surface area contributed by atoms with E-state index in [1.807, 2.05) is 6.07 Å². The molecule has 0 radical (unpaired) electrons. The van der Waals surface area contributed by atoms with Gasteiger partial charge in [-0.3, -0.25) is 9.69 Å². The second-order valence-corrected chi connectivity index (χ2v) is 7.35. The van der Waals surface area contributed by atoms with E-state index in [1.165, 1.54) is 5.56 Å². The highest BCUT2D eigenvalue weighted by molar-refractivity contribution is 5.76. The van der Waals surface area contributed by atoms with E-state index in [0.717, 1.165) is 37.6 Å². The van der Waals surface area contributed by atoms with E-state index < -0.39 is 12.1 Å². The average molecular weight is 432 g/mol. The smallest absolute Gasteiger partial charge is 0.475 e. The van der Waals surface area contributed by atoms with Crippen molar-refractivity contribution in [1.29, 1.82) is 0 Å². The molecule has 8 nitrogen and oxygen atoms in total. The van der Waals surface area contributed by atoms with Crippen molar-refractivity contribution in [3.8, 4) is 11.5 Å². The van der Waals surface area contributed by atoms with Crippen LogP contribution in [0.3, 0.4) is 0 Å². The lowest BCUT2D eigenvalue weighted by molar-refractivity contribution is -0.192. The molecule has 2 N–H and O–H groups in total. The van der Waals surface area contributed by atoms with Crippen LogP contribution < -0.4 is 14.8 Å². The van der Waals surface area contributed by atoms with Gasteiger partial charge in [0.2, 0.25) is 12.7 Å². The van der Waals surface area contributed by atoms with Crippen LogP contribution in [0.4, 0.5) is 13.2 Å². The summed E-state index contributed by atoms with van der Waals surface area (Å²) in [5.41, 5.74) is 1.23. The van der Waals surface area contributed by atoms with Gasteiger partial charge in [0.05, 0.1) is 18.6 Å². The summed E-state index contributed by atoms with van der Waals surface area (Å²) in [6.45, 7) is 3.17. The van der Waals surface area contributed by atoms with E-state index in [2.05, 4.69) is 22.3 Å². The van der Waals surface area contributed by atoms with Gasteiger partial charge in [-0.1, -0.05) is 6.07 Å². The number of halogens is 3. The highest BCUT2D eigenvalue weighted by atomic mass is 19.4. The van der Waals surface area contributed by atoms with E-state index in [4.69, 9.17) is 24.1 Å². The van der Waals surface area contributed by atoms with Crippen LogP contribution in [0.25, 0.3) is 0 Å². The number of likely N-dealkylation sites (tertiary alicyclic amines) is 1. The molecule has 0 unspecified atom stereocenters. The van der Waals surface area contributed by atoms with Crippen LogP contribution in [0.1, 0.15) is 18.4 Å². The van der Waals surface area contributed by atoms with Gasteiger partial charge in [0.1, 0.15) is 0 Å². The van der Waals surface area contributed by atoms with E-state index in [1.54, 1.807) is 7.05 Å². The number of aliphatic carboxylic acids is 1. The Labute approximate surface area is 170 Å². The molecule has 3 heterocycles. The molecule has 0 saturated carbocycles. The van der Waals surface area contributed by atoms with E-state index >= 15 is 0 Å². The zero-order valence-electron chi connectivity index (χ0n) is 16.3. The van der Waals surface area contributed by atoms with Crippen molar-refractivity contribution in [2.24, 2.45) is 5.92 Å². The van der Waals surface area contributed by atoms with Crippen molar-refractivity contribution in [3.05, 3.63) is 23.8 Å². The first-order chi connectivity index (χ1) is 14.2. The lowest BCUT2D eigenvalue weighted by atomic mass is 10.0. The fourth-order valence-corrected chi connectivity index (χ4v) is 3.82. The SMILES string of the molecule is CNC(=O)C[C@H]1C[C@H]2CN(Cc3ccc4c(c3)OCO4)C[C@H]2O1.O=C(O)C(F)(F)F. The fraction of sp³-hybridized carbons (Fsp3) is 0.579. The standard InChI is InChI=1S/C17H22N2O4.C2HF3O2/c1-18-17(20)6-13-5-12-8-19(9-16(12)23-13)7-11-2-3-14-15(4-11)22-10-21-14;3-2(4,5)1(6)7/h2-4,12-13,16H,5-10H2,1H3,(H,18,20);(H,6,7)/t12-,13+,16+;/m0./s1. The molecule has 0 aliphatic carbocycles. The molecule has 0 bridgehead atoms. The number of carbonyl (C=O) groups is 2. The predicted molar refractivity (Wildman–Crippen MR) is 97.0 cm³/mol. The number of rotatable bonds is 4. The van der Waals surface area contributed by atoms with Gasteiger partial charge < -0.3 is 24.6 Å². The minimum atomic E-state index is -5.08. The third-order valence-corrected chi connectivity index (χ3v) is 5.17. The van der Waals surface area contributed by atoms with E-state index in [9.17, 15) is 18.0 Å². The second kappa shape index (κ2) is 9.09. The number of alkyl halides is 3. The maximum absolute atomic E-state index is 11.5. The van der Waals surface area contributed by atoms with Crippen LogP contribution in [0.5, 0.6) is 11.5 Å². The van der Waals surface area contributed by atoms with E-state index in [0.29, 0.717) is 19.1 Å². The third kappa shape index (κ3) is 5.54. The fourth-order valence-electron chi connectivity index (χ4n) is 3.82. The molecular weight excluding hydrogens is 409 g/mol. The first-order valence-corrected chi connectivity index (χ1v) is 9.42. The topological polar surface area (TPSA) is 97.3 Å². The molecule has 30 heavy (non-hydrogen) atoms. The number of fused-ring (bicyclic) bond motifs is 2. The highest BCUT2D eigenvalue weighted by Gasteiger charge is 2.42. The quantitative estimate of drug-likeness (QED) is 0.749. The lowest BCUT2D eigenvalue weighted by Gasteiger charge is -2.19. The number of carboxylic acid groups (broad SMARTS) is 1. The van der Waals surface area contributed by atoms with Gasteiger partial charge in [0.25, 0.3) is 0 Å². The molecule has 1 aromatic rings. The maximum Gasteiger partial charge on any atom is 0.490 e. The van der Waals surface area contributed by atoms with Crippen molar-refractivity contribution in [3.63, 3.8) is 0 Å². The van der Waals surface area contributed by atoms with Crippen LogP contribution in [0, 0.1) is 5.92 Å². The molecule has 0 spiro atoms. The maximum atomic E-state index is 11.5. The lowest BCUT2D eigenvalue weighted by Crippen LogP contribution is -2.28. The summed E-state index contributed by atoms with van der Waals surface area (Å²) >= 11 is 0. The molecule has 11 heteroatoms. The van der Waals surface area contributed by atoms with Gasteiger partial charge in [-0.25, -0.2) is 4.79 Å². The van der Waals surface area contributed by atoms with Gasteiger partial charge in [-0.05, 0) is 24.1 Å². The molecule has 2 fully saturated rings. The summed E-state index contributed by atoms with van der Waals surface area (Å²) < 4.78 is 48.6.